The summed E-state index contributed by atoms with van der Waals surface area (Å²) >= 11 is 0. The van der Waals surface area contributed by atoms with Crippen molar-refractivity contribution >= 4 is 11.4 Å². The van der Waals surface area contributed by atoms with Crippen molar-refractivity contribution in [1.29, 1.82) is 0 Å². The first-order chi connectivity index (χ1) is 15.2. The molecule has 1 fully saturated rings. The molecule has 1 aliphatic carbocycles. The summed E-state index contributed by atoms with van der Waals surface area (Å²) < 4.78 is 0. The van der Waals surface area contributed by atoms with Crippen LogP contribution in [0.3, 0.4) is 0 Å². The van der Waals surface area contributed by atoms with Crippen molar-refractivity contribution in [3.05, 3.63) is 65.8 Å². The van der Waals surface area contributed by atoms with Crippen LogP contribution in [0, 0.1) is 5.92 Å². The van der Waals surface area contributed by atoms with Gasteiger partial charge in [-0.05, 0) is 50.2 Å². The first kappa shape index (κ1) is 21.2. The fraction of sp³-hybridized carbons (Fsp3) is 0.458. The highest BCUT2D eigenvalue weighted by Gasteiger charge is 2.29. The van der Waals surface area contributed by atoms with Gasteiger partial charge in [0, 0.05) is 30.6 Å². The van der Waals surface area contributed by atoms with Crippen LogP contribution in [0.2, 0.25) is 0 Å². The van der Waals surface area contributed by atoms with Crippen molar-refractivity contribution in [3.8, 4) is 0 Å². The van der Waals surface area contributed by atoms with Gasteiger partial charge in [-0.15, -0.1) is 0 Å². The van der Waals surface area contributed by atoms with Gasteiger partial charge in [0.1, 0.15) is 0 Å². The molecular weight excluding hydrogens is 386 g/mol. The van der Waals surface area contributed by atoms with Crippen LogP contribution in [-0.2, 0) is 0 Å². The molecule has 0 saturated carbocycles. The van der Waals surface area contributed by atoms with E-state index in [1.54, 1.807) is 12.4 Å². The summed E-state index contributed by atoms with van der Waals surface area (Å²) in [5.74, 6) is 0.417. The zero-order valence-electron chi connectivity index (χ0n) is 18.5. The van der Waals surface area contributed by atoms with Crippen molar-refractivity contribution in [2.45, 2.75) is 51.6 Å². The topological polar surface area (TPSA) is 91.5 Å². The molecule has 3 aliphatic rings. The maximum absolute atomic E-state index is 6.04. The third-order valence-electron chi connectivity index (χ3n) is 6.37. The minimum atomic E-state index is 0.0462. The number of nitrogens with zero attached hydrogens (tertiary/aromatic N) is 4. The van der Waals surface area contributed by atoms with Crippen molar-refractivity contribution in [1.82, 2.24) is 20.5 Å². The lowest BCUT2D eigenvalue weighted by Crippen LogP contribution is -2.29. The first-order valence-corrected chi connectivity index (χ1v) is 11.3. The Morgan fingerprint density at radius 1 is 1.35 bits per heavy atom. The zero-order valence-corrected chi connectivity index (χ0v) is 18.5. The van der Waals surface area contributed by atoms with E-state index in [2.05, 4.69) is 69.1 Å². The van der Waals surface area contributed by atoms with Gasteiger partial charge in [0.25, 0.3) is 0 Å². The lowest BCUT2D eigenvalue weighted by atomic mass is 9.88. The SMILES string of the molecule is CCC(C/C(=C\N)N1CCCC1)C1=CC=CC2NN=C([C@@H](C)Nc3ccnnc3)C2=C1. The van der Waals surface area contributed by atoms with Gasteiger partial charge < -0.3 is 16.0 Å². The molecule has 3 atom stereocenters. The Labute approximate surface area is 184 Å². The highest BCUT2D eigenvalue weighted by molar-refractivity contribution is 6.08. The van der Waals surface area contributed by atoms with Crippen LogP contribution in [-0.4, -0.2) is 46.0 Å². The number of allylic oxidation sites excluding steroid dienone is 5. The minimum absolute atomic E-state index is 0.0462. The maximum Gasteiger partial charge on any atom is 0.0892 e. The molecule has 2 unspecified atom stereocenters. The minimum Gasteiger partial charge on any atom is -0.403 e. The summed E-state index contributed by atoms with van der Waals surface area (Å²) in [6.07, 6.45) is 18.7. The molecule has 1 aromatic heterocycles. The molecule has 0 bridgehead atoms. The third-order valence-corrected chi connectivity index (χ3v) is 6.37. The van der Waals surface area contributed by atoms with Gasteiger partial charge in [-0.1, -0.05) is 31.2 Å². The largest absolute Gasteiger partial charge is 0.403 e. The van der Waals surface area contributed by atoms with Gasteiger partial charge in [-0.2, -0.15) is 15.3 Å². The fourth-order valence-corrected chi connectivity index (χ4v) is 4.60. The molecule has 2 aliphatic heterocycles. The fourth-order valence-electron chi connectivity index (χ4n) is 4.60. The quantitative estimate of drug-likeness (QED) is 0.599. The normalized spacial score (nSPS) is 22.6. The molecule has 0 radical (unpaired) electrons. The maximum atomic E-state index is 6.04. The average molecular weight is 420 g/mol. The summed E-state index contributed by atoms with van der Waals surface area (Å²) in [5.41, 5.74) is 15.1. The Balaban J connectivity index is 1.52. The van der Waals surface area contributed by atoms with E-state index in [-0.39, 0.29) is 12.1 Å². The summed E-state index contributed by atoms with van der Waals surface area (Å²) in [7, 11) is 0. The van der Waals surface area contributed by atoms with Gasteiger partial charge in [-0.25, -0.2) is 0 Å². The molecular formula is C24H33N7. The molecule has 0 spiro atoms. The molecule has 1 aromatic rings. The monoisotopic (exact) mass is 419 g/mol. The Hall–Kier alpha value is -3.09. The zero-order chi connectivity index (χ0) is 21.6. The number of anilines is 1. The molecule has 7 nitrogen and oxygen atoms in total. The molecule has 164 valence electrons. The van der Waals surface area contributed by atoms with Gasteiger partial charge in [0.15, 0.2) is 0 Å². The van der Waals surface area contributed by atoms with Crippen molar-refractivity contribution < 1.29 is 0 Å². The number of fused-ring (bicyclic) bond motifs is 1. The van der Waals surface area contributed by atoms with Crippen LogP contribution in [0.4, 0.5) is 5.69 Å². The number of aromatic nitrogens is 2. The Morgan fingerprint density at radius 3 is 2.90 bits per heavy atom. The number of hydrogen-bond donors (Lipinski definition) is 3. The predicted octanol–water partition coefficient (Wildman–Crippen LogP) is 3.34. The average Bonchev–Trinajstić information content (AvgIpc) is 3.41. The summed E-state index contributed by atoms with van der Waals surface area (Å²) in [6, 6.07) is 2.07. The second kappa shape index (κ2) is 9.81. The summed E-state index contributed by atoms with van der Waals surface area (Å²) in [5, 5.41) is 15.9. The standard InChI is InChI=1S/C24H33N7/c1-3-18(13-21(15-25)31-11-4-5-12-31)19-7-6-8-23-22(14-19)24(30-29-23)17(2)28-20-9-10-26-27-16-20/h6-10,14-18,23,29H,3-5,11-13,25H2,1-2H3,(H,26,28)/b21-15+/t17-,18?,23?/m1/s1. The van der Waals surface area contributed by atoms with Gasteiger partial charge in [0.05, 0.1) is 35.9 Å². The molecule has 4 rings (SSSR count). The van der Waals surface area contributed by atoms with E-state index >= 15 is 0 Å². The van der Waals surface area contributed by atoms with E-state index < -0.39 is 0 Å². The summed E-state index contributed by atoms with van der Waals surface area (Å²) in [6.45, 7) is 6.63. The van der Waals surface area contributed by atoms with Crippen LogP contribution < -0.4 is 16.5 Å². The van der Waals surface area contributed by atoms with E-state index in [9.17, 15) is 0 Å². The van der Waals surface area contributed by atoms with Crippen LogP contribution in [0.5, 0.6) is 0 Å². The molecule has 3 heterocycles. The van der Waals surface area contributed by atoms with Gasteiger partial charge >= 0.3 is 0 Å². The highest BCUT2D eigenvalue weighted by Crippen LogP contribution is 2.31. The van der Waals surface area contributed by atoms with E-state index in [0.29, 0.717) is 5.92 Å². The van der Waals surface area contributed by atoms with Crippen LogP contribution in [0.25, 0.3) is 0 Å². The third kappa shape index (κ3) is 4.81. The van der Waals surface area contributed by atoms with Crippen LogP contribution in [0.15, 0.2) is 70.9 Å². The van der Waals surface area contributed by atoms with Gasteiger partial charge in [0.2, 0.25) is 0 Å². The summed E-state index contributed by atoms with van der Waals surface area (Å²) in [4.78, 5) is 2.45. The van der Waals surface area contributed by atoms with Crippen molar-refractivity contribution in [2.75, 3.05) is 18.4 Å². The number of likely N-dealkylation sites (tertiary alicyclic amines) is 1. The number of hydrogen-bond acceptors (Lipinski definition) is 7. The lowest BCUT2D eigenvalue weighted by Gasteiger charge is -2.26. The Kier molecular flexibility index (Phi) is 6.70. The molecule has 0 aromatic carbocycles. The van der Waals surface area contributed by atoms with Crippen LogP contribution >= 0.6 is 0 Å². The molecule has 1 saturated heterocycles. The number of nitrogens with one attached hydrogen (secondary N) is 2. The smallest absolute Gasteiger partial charge is 0.0892 e. The van der Waals surface area contributed by atoms with Gasteiger partial charge in [-0.3, -0.25) is 5.43 Å². The second-order valence-electron chi connectivity index (χ2n) is 8.41. The number of hydrazone groups is 1. The number of nitrogens with two attached hydrogens (primary N) is 1. The molecule has 31 heavy (non-hydrogen) atoms. The van der Waals surface area contributed by atoms with Crippen LogP contribution in [0.1, 0.15) is 39.5 Å². The van der Waals surface area contributed by atoms with E-state index in [0.717, 1.165) is 37.3 Å². The lowest BCUT2D eigenvalue weighted by molar-refractivity contribution is 0.385. The predicted molar refractivity (Wildman–Crippen MR) is 126 cm³/mol. The van der Waals surface area contributed by atoms with E-state index in [4.69, 9.17) is 5.73 Å². The highest BCUT2D eigenvalue weighted by atomic mass is 15.3. The van der Waals surface area contributed by atoms with Crippen molar-refractivity contribution in [3.63, 3.8) is 0 Å². The molecule has 4 N–H and O–H groups in total. The molecule has 7 heteroatoms. The number of rotatable bonds is 8. The van der Waals surface area contributed by atoms with E-state index in [1.165, 1.54) is 29.7 Å². The Morgan fingerprint density at radius 2 is 2.19 bits per heavy atom. The molecule has 0 amide bonds. The first-order valence-electron chi connectivity index (χ1n) is 11.3. The van der Waals surface area contributed by atoms with Crippen molar-refractivity contribution in [2.24, 2.45) is 16.8 Å². The Bertz CT molecular complexity index is 907. The van der Waals surface area contributed by atoms with E-state index in [1.807, 2.05) is 12.3 Å². The second-order valence-corrected chi connectivity index (χ2v) is 8.41.